The van der Waals surface area contributed by atoms with Crippen molar-refractivity contribution >= 4 is 35.2 Å². The smallest absolute Gasteiger partial charge is 0.241 e. The topological polar surface area (TPSA) is 102 Å². The Morgan fingerprint density at radius 3 is 2.60 bits per heavy atom. The number of hydrogen-bond donors (Lipinski definition) is 1. The minimum absolute atomic E-state index is 0.0942. The van der Waals surface area contributed by atoms with Crippen LogP contribution in [0.1, 0.15) is 5.56 Å². The number of imide groups is 1. The van der Waals surface area contributed by atoms with Gasteiger partial charge in [0.2, 0.25) is 24.5 Å². The van der Waals surface area contributed by atoms with Crippen molar-refractivity contribution in [3.63, 3.8) is 0 Å². The fourth-order valence-electron chi connectivity index (χ4n) is 5.12. The zero-order valence-electron chi connectivity index (χ0n) is 15.7. The molecule has 150 valence electrons. The van der Waals surface area contributed by atoms with Crippen molar-refractivity contribution in [2.75, 3.05) is 16.6 Å². The number of fused-ring (bicyclic) bond motifs is 6. The number of carbonyl (C=O) groups excluding carboxylic acids is 3. The monoisotopic (exact) mass is 403 g/mol. The van der Waals surface area contributed by atoms with Crippen molar-refractivity contribution in [3.05, 3.63) is 54.1 Å². The number of ether oxygens (including phenoxy) is 2. The molecule has 4 atom stereocenters. The number of anilines is 2. The summed E-state index contributed by atoms with van der Waals surface area (Å²) in [5.74, 6) is -1.88. The fourth-order valence-corrected chi connectivity index (χ4v) is 5.12. The standard InChI is InChI=1S/C22H17N3O5/c23-20(26)19-18-17(14-7-5-11-3-1-2-4-13(11)25(14)19)21(27)24(22(18)28)12-6-8-15-16(9-12)30-10-29-15/h1-9,14,17-19H,10H2,(H2,23,26)/t14-,17-,18-,19-/m1/s1. The number of para-hydroxylation sites is 1. The van der Waals surface area contributed by atoms with Crippen LogP contribution in [0.4, 0.5) is 11.4 Å². The van der Waals surface area contributed by atoms with Gasteiger partial charge in [0.15, 0.2) is 11.5 Å². The molecule has 2 aromatic rings. The third kappa shape index (κ3) is 2.07. The molecule has 30 heavy (non-hydrogen) atoms. The number of primary amides is 1. The highest BCUT2D eigenvalue weighted by molar-refractivity contribution is 6.24. The molecule has 4 aliphatic heterocycles. The van der Waals surface area contributed by atoms with Crippen LogP contribution in [0.15, 0.2) is 48.5 Å². The minimum Gasteiger partial charge on any atom is -0.454 e. The molecule has 2 N–H and O–H groups in total. The highest BCUT2D eigenvalue weighted by Gasteiger charge is 2.64. The van der Waals surface area contributed by atoms with Gasteiger partial charge in [-0.1, -0.05) is 30.4 Å². The van der Waals surface area contributed by atoms with Gasteiger partial charge in [0, 0.05) is 11.8 Å². The molecule has 8 heteroatoms. The lowest BCUT2D eigenvalue weighted by Crippen LogP contribution is -2.50. The van der Waals surface area contributed by atoms with Crippen molar-refractivity contribution in [2.24, 2.45) is 17.6 Å². The molecule has 0 spiro atoms. The second kappa shape index (κ2) is 5.85. The lowest BCUT2D eigenvalue weighted by atomic mass is 9.88. The van der Waals surface area contributed by atoms with E-state index in [2.05, 4.69) is 0 Å². The normalized spacial score (nSPS) is 27.9. The Labute approximate surface area is 171 Å². The van der Waals surface area contributed by atoms with E-state index >= 15 is 0 Å². The predicted octanol–water partition coefficient (Wildman–Crippen LogP) is 1.29. The Kier molecular flexibility index (Phi) is 3.33. The Morgan fingerprint density at radius 2 is 1.77 bits per heavy atom. The first-order valence-corrected chi connectivity index (χ1v) is 9.68. The van der Waals surface area contributed by atoms with Gasteiger partial charge < -0.3 is 20.1 Å². The molecule has 0 radical (unpaired) electrons. The first-order valence-electron chi connectivity index (χ1n) is 9.68. The number of nitrogens with two attached hydrogens (primary N) is 1. The van der Waals surface area contributed by atoms with Gasteiger partial charge in [-0.3, -0.25) is 14.4 Å². The van der Waals surface area contributed by atoms with Crippen LogP contribution in [0.5, 0.6) is 11.5 Å². The van der Waals surface area contributed by atoms with Crippen LogP contribution >= 0.6 is 0 Å². The largest absolute Gasteiger partial charge is 0.454 e. The van der Waals surface area contributed by atoms with Gasteiger partial charge in [-0.25, -0.2) is 4.90 Å². The van der Waals surface area contributed by atoms with E-state index in [1.165, 1.54) is 0 Å². The molecule has 3 amide bonds. The average molecular weight is 403 g/mol. The number of carbonyl (C=O) groups is 3. The summed E-state index contributed by atoms with van der Waals surface area (Å²) < 4.78 is 10.7. The Bertz CT molecular complexity index is 1160. The average Bonchev–Trinajstić information content (AvgIpc) is 3.41. The fraction of sp³-hybridized carbons (Fsp3) is 0.227. The lowest BCUT2D eigenvalue weighted by Gasteiger charge is -2.35. The van der Waals surface area contributed by atoms with E-state index in [9.17, 15) is 14.4 Å². The zero-order valence-corrected chi connectivity index (χ0v) is 15.7. The molecule has 8 nitrogen and oxygen atoms in total. The molecule has 2 fully saturated rings. The SMILES string of the molecule is NC(=O)[C@H]1[C@@H]2C(=O)N(c3ccc4c(c3)OCO4)C(=O)[C@@H]2[C@H]2C=Cc3ccccc3N21. The lowest BCUT2D eigenvalue weighted by molar-refractivity contribution is -0.127. The van der Waals surface area contributed by atoms with E-state index in [-0.39, 0.29) is 12.7 Å². The van der Waals surface area contributed by atoms with Crippen molar-refractivity contribution in [2.45, 2.75) is 12.1 Å². The van der Waals surface area contributed by atoms with Gasteiger partial charge in [-0.05, 0) is 23.8 Å². The van der Waals surface area contributed by atoms with E-state index in [4.69, 9.17) is 15.2 Å². The summed E-state index contributed by atoms with van der Waals surface area (Å²) in [5, 5.41) is 0. The maximum Gasteiger partial charge on any atom is 0.241 e. The number of rotatable bonds is 2. The number of hydrogen-bond acceptors (Lipinski definition) is 6. The summed E-state index contributed by atoms with van der Waals surface area (Å²) >= 11 is 0. The quantitative estimate of drug-likeness (QED) is 0.759. The maximum atomic E-state index is 13.5. The van der Waals surface area contributed by atoms with Crippen molar-refractivity contribution in [3.8, 4) is 11.5 Å². The summed E-state index contributed by atoms with van der Waals surface area (Å²) in [6.45, 7) is 0.0942. The van der Waals surface area contributed by atoms with Gasteiger partial charge in [0.05, 0.1) is 23.6 Å². The predicted molar refractivity (Wildman–Crippen MR) is 107 cm³/mol. The molecule has 4 heterocycles. The van der Waals surface area contributed by atoms with Crippen molar-refractivity contribution in [1.29, 1.82) is 0 Å². The third-order valence-corrected chi connectivity index (χ3v) is 6.32. The summed E-state index contributed by atoms with van der Waals surface area (Å²) in [6.07, 6.45) is 3.81. The molecule has 4 aliphatic rings. The molecular formula is C22H17N3O5. The van der Waals surface area contributed by atoms with E-state index < -0.39 is 35.7 Å². The molecule has 0 bridgehead atoms. The van der Waals surface area contributed by atoms with Gasteiger partial charge in [0.1, 0.15) is 6.04 Å². The second-order valence-corrected chi connectivity index (χ2v) is 7.76. The number of benzene rings is 2. The number of nitrogens with zero attached hydrogens (tertiary/aromatic N) is 2. The molecule has 2 saturated heterocycles. The van der Waals surface area contributed by atoms with Crippen LogP contribution in [0, 0.1) is 11.8 Å². The van der Waals surface area contributed by atoms with E-state index in [1.54, 1.807) is 18.2 Å². The molecule has 0 unspecified atom stereocenters. The third-order valence-electron chi connectivity index (χ3n) is 6.32. The van der Waals surface area contributed by atoms with Crippen LogP contribution in [-0.2, 0) is 14.4 Å². The number of amides is 3. The highest BCUT2D eigenvalue weighted by atomic mass is 16.7. The summed E-state index contributed by atoms with van der Waals surface area (Å²) in [6, 6.07) is 11.2. The van der Waals surface area contributed by atoms with E-state index in [0.717, 1.165) is 16.2 Å². The molecule has 2 aromatic carbocycles. The first kappa shape index (κ1) is 17.1. The van der Waals surface area contributed by atoms with Gasteiger partial charge in [-0.2, -0.15) is 0 Å². The molecule has 6 rings (SSSR count). The molecule has 0 aliphatic carbocycles. The van der Waals surface area contributed by atoms with Gasteiger partial charge in [0.25, 0.3) is 0 Å². The van der Waals surface area contributed by atoms with Crippen LogP contribution in [0.25, 0.3) is 6.08 Å². The minimum atomic E-state index is -0.901. The highest BCUT2D eigenvalue weighted by Crippen LogP contribution is 2.49. The Morgan fingerprint density at radius 1 is 1.00 bits per heavy atom. The van der Waals surface area contributed by atoms with Crippen molar-refractivity contribution < 1.29 is 23.9 Å². The van der Waals surface area contributed by atoms with Crippen LogP contribution in [-0.4, -0.2) is 36.6 Å². The Hall–Kier alpha value is -3.81. The maximum absolute atomic E-state index is 13.5. The van der Waals surface area contributed by atoms with Gasteiger partial charge in [-0.15, -0.1) is 0 Å². The van der Waals surface area contributed by atoms with Gasteiger partial charge >= 0.3 is 0 Å². The van der Waals surface area contributed by atoms with Crippen molar-refractivity contribution in [1.82, 2.24) is 0 Å². The van der Waals surface area contributed by atoms with Crippen LogP contribution < -0.4 is 25.0 Å². The summed E-state index contributed by atoms with van der Waals surface area (Å²) in [4.78, 5) is 42.4. The van der Waals surface area contributed by atoms with E-state index in [1.807, 2.05) is 41.3 Å². The van der Waals surface area contributed by atoms with Crippen LogP contribution in [0.2, 0.25) is 0 Å². The first-order chi connectivity index (χ1) is 14.6. The Balaban J connectivity index is 1.45. The second-order valence-electron chi connectivity index (χ2n) is 7.76. The van der Waals surface area contributed by atoms with Crippen LogP contribution in [0.3, 0.4) is 0 Å². The summed E-state index contributed by atoms with van der Waals surface area (Å²) in [5.41, 5.74) is 7.89. The molecule has 0 aromatic heterocycles. The molecule has 0 saturated carbocycles. The zero-order chi connectivity index (χ0) is 20.6. The summed E-state index contributed by atoms with van der Waals surface area (Å²) in [7, 11) is 0. The molecular weight excluding hydrogens is 386 g/mol. The van der Waals surface area contributed by atoms with E-state index in [0.29, 0.717) is 17.2 Å².